The molecule has 0 amide bonds. The minimum absolute atomic E-state index is 0.655. The van der Waals surface area contributed by atoms with Gasteiger partial charge in [-0.1, -0.05) is 34.6 Å². The topological polar surface area (TPSA) is 0 Å². The summed E-state index contributed by atoms with van der Waals surface area (Å²) in [7, 11) is 0. The normalized spacial score (nSPS) is 17.1. The fourth-order valence-corrected chi connectivity index (χ4v) is 1.79. The Morgan fingerprint density at radius 1 is 1.07 bits per heavy atom. The highest BCUT2D eigenvalue weighted by atomic mass is 14.2. The molecule has 0 rings (SSSR count). The molecule has 0 nitrogen and oxygen atoms in total. The zero-order chi connectivity index (χ0) is 11.1. The van der Waals surface area contributed by atoms with Gasteiger partial charge in [-0.15, -0.1) is 5.73 Å². The third-order valence-electron chi connectivity index (χ3n) is 3.24. The van der Waals surface area contributed by atoms with E-state index in [4.69, 9.17) is 0 Å². The predicted octanol–water partition coefficient (Wildman–Crippen LogP) is 4.67. The second-order valence-corrected chi connectivity index (χ2v) is 4.92. The van der Waals surface area contributed by atoms with Gasteiger partial charge < -0.3 is 0 Å². The zero-order valence-electron chi connectivity index (χ0n) is 10.7. The van der Waals surface area contributed by atoms with Crippen LogP contribution in [0.25, 0.3) is 0 Å². The molecule has 0 bridgehead atoms. The van der Waals surface area contributed by atoms with Crippen LogP contribution < -0.4 is 0 Å². The van der Waals surface area contributed by atoms with Crippen molar-refractivity contribution in [3.63, 3.8) is 0 Å². The Bertz CT molecular complexity index is 194. The van der Waals surface area contributed by atoms with E-state index in [1.165, 1.54) is 6.42 Å². The van der Waals surface area contributed by atoms with E-state index in [2.05, 4.69) is 46.4 Å². The summed E-state index contributed by atoms with van der Waals surface area (Å²) < 4.78 is 0. The molecule has 0 N–H and O–H groups in total. The minimum atomic E-state index is 0.655. The maximum atomic E-state index is 3.17. The Morgan fingerprint density at radius 3 is 2.07 bits per heavy atom. The largest absolute Gasteiger partial charge is 0.130 e. The lowest BCUT2D eigenvalue weighted by Gasteiger charge is -2.24. The summed E-state index contributed by atoms with van der Waals surface area (Å²) in [5.41, 5.74) is 3.17. The first kappa shape index (κ1) is 13.5. The molecule has 0 aromatic rings. The van der Waals surface area contributed by atoms with Crippen LogP contribution in [0.1, 0.15) is 48.0 Å². The second kappa shape index (κ2) is 6.90. The van der Waals surface area contributed by atoms with E-state index >= 15 is 0 Å². The number of rotatable bonds is 5. The van der Waals surface area contributed by atoms with Crippen LogP contribution in [0.15, 0.2) is 17.9 Å². The van der Waals surface area contributed by atoms with Gasteiger partial charge in [0, 0.05) is 0 Å². The van der Waals surface area contributed by atoms with Crippen molar-refractivity contribution in [1.82, 2.24) is 0 Å². The first-order valence-corrected chi connectivity index (χ1v) is 5.86. The van der Waals surface area contributed by atoms with Crippen molar-refractivity contribution in [2.45, 2.75) is 48.0 Å². The Morgan fingerprint density at radius 2 is 1.64 bits per heavy atom. The van der Waals surface area contributed by atoms with Crippen LogP contribution in [0.3, 0.4) is 0 Å². The summed E-state index contributed by atoms with van der Waals surface area (Å²) in [6.07, 6.45) is 5.44. The van der Waals surface area contributed by atoms with E-state index in [0.717, 1.165) is 17.8 Å². The SMILES string of the molecule is CC=C=CC(C)CC(C)C(C)C(C)C. The number of hydrogen-bond donors (Lipinski definition) is 0. The molecule has 0 saturated carbocycles. The molecule has 3 unspecified atom stereocenters. The van der Waals surface area contributed by atoms with Crippen molar-refractivity contribution in [2.24, 2.45) is 23.7 Å². The predicted molar refractivity (Wildman–Crippen MR) is 65.3 cm³/mol. The summed E-state index contributed by atoms with van der Waals surface area (Å²) in [5.74, 6) is 3.07. The van der Waals surface area contributed by atoms with Gasteiger partial charge in [0.15, 0.2) is 0 Å². The fourth-order valence-electron chi connectivity index (χ4n) is 1.79. The van der Waals surface area contributed by atoms with Crippen LogP contribution in [0.2, 0.25) is 0 Å². The molecule has 0 fully saturated rings. The Kier molecular flexibility index (Phi) is 6.66. The summed E-state index contributed by atoms with van der Waals surface area (Å²) >= 11 is 0. The Balaban J connectivity index is 4.05. The summed E-state index contributed by atoms with van der Waals surface area (Å²) in [5, 5.41) is 0. The molecule has 0 radical (unpaired) electrons. The lowest BCUT2D eigenvalue weighted by molar-refractivity contribution is 0.265. The van der Waals surface area contributed by atoms with Gasteiger partial charge in [0.05, 0.1) is 0 Å². The number of allylic oxidation sites excluding steroid dienone is 1. The number of hydrogen-bond acceptors (Lipinski definition) is 0. The molecule has 0 heteroatoms. The monoisotopic (exact) mass is 194 g/mol. The van der Waals surface area contributed by atoms with Crippen LogP contribution in [0.4, 0.5) is 0 Å². The molecule has 0 aliphatic heterocycles. The van der Waals surface area contributed by atoms with Crippen LogP contribution in [0.5, 0.6) is 0 Å². The van der Waals surface area contributed by atoms with Crippen LogP contribution >= 0.6 is 0 Å². The summed E-state index contributed by atoms with van der Waals surface area (Å²) in [6, 6.07) is 0. The standard InChI is InChI=1S/C14H26/c1-7-8-9-12(4)10-13(5)14(6)11(2)3/h7,9,11-14H,10H2,1-6H3. The summed E-state index contributed by atoms with van der Waals surface area (Å²) in [4.78, 5) is 0. The highest BCUT2D eigenvalue weighted by molar-refractivity contribution is 4.87. The smallest absolute Gasteiger partial charge is 0.0183 e. The van der Waals surface area contributed by atoms with Crippen molar-refractivity contribution in [1.29, 1.82) is 0 Å². The average molecular weight is 194 g/mol. The van der Waals surface area contributed by atoms with Crippen LogP contribution in [0, 0.1) is 23.7 Å². The molecule has 0 aromatic heterocycles. The third-order valence-corrected chi connectivity index (χ3v) is 3.24. The van der Waals surface area contributed by atoms with Gasteiger partial charge in [-0.25, -0.2) is 0 Å². The van der Waals surface area contributed by atoms with E-state index in [-0.39, 0.29) is 0 Å². The highest BCUT2D eigenvalue weighted by Crippen LogP contribution is 2.26. The highest BCUT2D eigenvalue weighted by Gasteiger charge is 2.16. The fraction of sp³-hybridized carbons (Fsp3) is 0.786. The first-order valence-electron chi connectivity index (χ1n) is 5.86. The van der Waals surface area contributed by atoms with Gasteiger partial charge in [0.25, 0.3) is 0 Å². The van der Waals surface area contributed by atoms with Crippen LogP contribution in [-0.2, 0) is 0 Å². The second-order valence-electron chi connectivity index (χ2n) is 4.92. The van der Waals surface area contributed by atoms with Gasteiger partial charge >= 0.3 is 0 Å². The van der Waals surface area contributed by atoms with Gasteiger partial charge in [-0.3, -0.25) is 0 Å². The maximum absolute atomic E-state index is 3.17. The maximum Gasteiger partial charge on any atom is -0.0183 e. The molecule has 82 valence electrons. The summed E-state index contributed by atoms with van der Waals surface area (Å²) in [6.45, 7) is 13.6. The Labute approximate surface area is 90.1 Å². The third kappa shape index (κ3) is 5.29. The van der Waals surface area contributed by atoms with Gasteiger partial charge in [0.2, 0.25) is 0 Å². The van der Waals surface area contributed by atoms with E-state index < -0.39 is 0 Å². The molecule has 0 aliphatic carbocycles. The average Bonchev–Trinajstić information content (AvgIpc) is 2.13. The quantitative estimate of drug-likeness (QED) is 0.558. The molecule has 0 aliphatic rings. The first-order chi connectivity index (χ1) is 6.49. The zero-order valence-corrected chi connectivity index (χ0v) is 10.7. The van der Waals surface area contributed by atoms with Crippen molar-refractivity contribution in [2.75, 3.05) is 0 Å². The van der Waals surface area contributed by atoms with Crippen molar-refractivity contribution in [3.8, 4) is 0 Å². The van der Waals surface area contributed by atoms with Crippen molar-refractivity contribution < 1.29 is 0 Å². The van der Waals surface area contributed by atoms with E-state index in [1.807, 2.05) is 13.0 Å². The molecule has 0 saturated heterocycles. The molecular weight excluding hydrogens is 168 g/mol. The molecule has 14 heavy (non-hydrogen) atoms. The van der Waals surface area contributed by atoms with Gasteiger partial charge in [-0.05, 0) is 49.2 Å². The van der Waals surface area contributed by atoms with Crippen LogP contribution in [-0.4, -0.2) is 0 Å². The van der Waals surface area contributed by atoms with Crippen molar-refractivity contribution >= 4 is 0 Å². The Hall–Kier alpha value is -0.480. The lowest BCUT2D eigenvalue weighted by Crippen LogP contribution is -2.16. The minimum Gasteiger partial charge on any atom is -0.130 e. The lowest BCUT2D eigenvalue weighted by atomic mass is 9.81. The molecule has 0 aromatic carbocycles. The molecular formula is C14H26. The van der Waals surface area contributed by atoms with E-state index in [1.54, 1.807) is 0 Å². The molecule has 0 heterocycles. The van der Waals surface area contributed by atoms with E-state index in [0.29, 0.717) is 5.92 Å². The van der Waals surface area contributed by atoms with Crippen molar-refractivity contribution in [3.05, 3.63) is 17.9 Å². The molecule has 0 spiro atoms. The molecule has 3 atom stereocenters. The van der Waals surface area contributed by atoms with Gasteiger partial charge in [0.1, 0.15) is 0 Å². The van der Waals surface area contributed by atoms with E-state index in [9.17, 15) is 0 Å². The van der Waals surface area contributed by atoms with Gasteiger partial charge in [-0.2, -0.15) is 0 Å².